The second-order valence-corrected chi connectivity index (χ2v) is 3.13. The molecule has 0 aliphatic heterocycles. The first-order valence-electron chi connectivity index (χ1n) is 4.89. The molecular weight excluding hydrogens is 210 g/mol. The number of phenolic OH excluding ortho intramolecular Hbond substituents is 1. The van der Waals surface area contributed by atoms with E-state index >= 15 is 0 Å². The number of carbonyl (C=O) groups excluding carboxylic acids is 1. The second kappa shape index (κ2) is 5.37. The minimum absolute atomic E-state index is 0.123. The smallest absolute Gasteiger partial charge is 0.327 e. The molecule has 0 fully saturated rings. The van der Waals surface area contributed by atoms with Crippen molar-refractivity contribution in [1.82, 2.24) is 0 Å². The third kappa shape index (κ3) is 2.43. The van der Waals surface area contributed by atoms with Gasteiger partial charge < -0.3 is 20.3 Å². The van der Waals surface area contributed by atoms with Crippen molar-refractivity contribution in [2.24, 2.45) is 5.73 Å². The Morgan fingerprint density at radius 2 is 2.25 bits per heavy atom. The van der Waals surface area contributed by atoms with E-state index in [9.17, 15) is 9.90 Å². The maximum Gasteiger partial charge on any atom is 0.327 e. The minimum atomic E-state index is -1.01. The Kier molecular flexibility index (Phi) is 4.13. The Bertz CT molecular complexity index is 378. The summed E-state index contributed by atoms with van der Waals surface area (Å²) in [6.45, 7) is 2.22. The lowest BCUT2D eigenvalue weighted by molar-refractivity contribution is -0.142. The molecule has 0 aliphatic rings. The van der Waals surface area contributed by atoms with Crippen LogP contribution in [0.3, 0.4) is 0 Å². The highest BCUT2D eigenvalue weighted by Crippen LogP contribution is 2.33. The van der Waals surface area contributed by atoms with E-state index in [0.717, 1.165) is 0 Å². The van der Waals surface area contributed by atoms with Crippen LogP contribution in [0.4, 0.5) is 0 Å². The molecule has 1 unspecified atom stereocenters. The fraction of sp³-hybridized carbons (Fsp3) is 0.364. The highest BCUT2D eigenvalue weighted by Gasteiger charge is 2.21. The lowest BCUT2D eigenvalue weighted by Crippen LogP contribution is -2.22. The molecule has 5 heteroatoms. The highest BCUT2D eigenvalue weighted by molar-refractivity contribution is 5.78. The zero-order valence-corrected chi connectivity index (χ0v) is 9.27. The molecule has 1 atom stereocenters. The molecule has 16 heavy (non-hydrogen) atoms. The SMILES string of the molecule is CCOc1cccc(C(N)C(=O)OC)c1O. The van der Waals surface area contributed by atoms with E-state index in [1.807, 2.05) is 0 Å². The fourth-order valence-corrected chi connectivity index (χ4v) is 1.32. The topological polar surface area (TPSA) is 81.8 Å². The number of hydrogen-bond donors (Lipinski definition) is 2. The van der Waals surface area contributed by atoms with Crippen molar-refractivity contribution < 1.29 is 19.4 Å². The van der Waals surface area contributed by atoms with Crippen LogP contribution in [0, 0.1) is 0 Å². The van der Waals surface area contributed by atoms with Gasteiger partial charge in [0, 0.05) is 5.56 Å². The summed E-state index contributed by atoms with van der Waals surface area (Å²) >= 11 is 0. The van der Waals surface area contributed by atoms with Crippen molar-refractivity contribution >= 4 is 5.97 Å². The number of para-hydroxylation sites is 1. The third-order valence-corrected chi connectivity index (χ3v) is 2.12. The molecule has 0 amide bonds. The van der Waals surface area contributed by atoms with Crippen LogP contribution >= 0.6 is 0 Å². The number of hydrogen-bond acceptors (Lipinski definition) is 5. The van der Waals surface area contributed by atoms with Crippen LogP contribution < -0.4 is 10.5 Å². The first kappa shape index (κ1) is 12.3. The van der Waals surface area contributed by atoms with Gasteiger partial charge in [0.1, 0.15) is 6.04 Å². The average Bonchev–Trinajstić information content (AvgIpc) is 2.30. The third-order valence-electron chi connectivity index (χ3n) is 2.12. The molecule has 0 radical (unpaired) electrons. The van der Waals surface area contributed by atoms with Gasteiger partial charge in [-0.15, -0.1) is 0 Å². The summed E-state index contributed by atoms with van der Waals surface area (Å²) in [5.41, 5.74) is 5.91. The Labute approximate surface area is 93.8 Å². The van der Waals surface area contributed by atoms with Crippen LogP contribution in [0.15, 0.2) is 18.2 Å². The van der Waals surface area contributed by atoms with Gasteiger partial charge in [0.2, 0.25) is 0 Å². The zero-order chi connectivity index (χ0) is 12.1. The van der Waals surface area contributed by atoms with Crippen molar-refractivity contribution in [2.75, 3.05) is 13.7 Å². The maximum absolute atomic E-state index is 11.2. The number of benzene rings is 1. The van der Waals surface area contributed by atoms with Gasteiger partial charge in [0.25, 0.3) is 0 Å². The molecule has 1 rings (SSSR count). The predicted molar refractivity (Wildman–Crippen MR) is 58.2 cm³/mol. The van der Waals surface area contributed by atoms with Crippen LogP contribution in [0.5, 0.6) is 11.5 Å². The average molecular weight is 225 g/mol. The monoisotopic (exact) mass is 225 g/mol. The van der Waals surface area contributed by atoms with Crippen molar-refractivity contribution in [2.45, 2.75) is 13.0 Å². The summed E-state index contributed by atoms with van der Waals surface area (Å²) in [5, 5.41) is 9.82. The van der Waals surface area contributed by atoms with Gasteiger partial charge in [0.05, 0.1) is 13.7 Å². The number of carbonyl (C=O) groups is 1. The van der Waals surface area contributed by atoms with Gasteiger partial charge in [-0.1, -0.05) is 12.1 Å². The first-order valence-corrected chi connectivity index (χ1v) is 4.89. The summed E-state index contributed by atoms with van der Waals surface area (Å²) in [5.74, 6) is -0.425. The van der Waals surface area contributed by atoms with E-state index in [1.54, 1.807) is 25.1 Å². The molecule has 3 N–H and O–H groups in total. The molecule has 0 aromatic heterocycles. The van der Waals surface area contributed by atoms with E-state index < -0.39 is 12.0 Å². The van der Waals surface area contributed by atoms with Gasteiger partial charge in [-0.2, -0.15) is 0 Å². The fourth-order valence-electron chi connectivity index (χ4n) is 1.32. The van der Waals surface area contributed by atoms with E-state index in [4.69, 9.17) is 10.5 Å². The van der Waals surface area contributed by atoms with Crippen molar-refractivity contribution in [1.29, 1.82) is 0 Å². The summed E-state index contributed by atoms with van der Waals surface area (Å²) in [4.78, 5) is 11.2. The molecule has 0 heterocycles. The number of ether oxygens (including phenoxy) is 2. The van der Waals surface area contributed by atoms with Crippen molar-refractivity contribution in [3.05, 3.63) is 23.8 Å². The quantitative estimate of drug-likeness (QED) is 0.746. The Morgan fingerprint density at radius 3 is 2.81 bits per heavy atom. The molecule has 0 spiro atoms. The zero-order valence-electron chi connectivity index (χ0n) is 9.27. The number of nitrogens with two attached hydrogens (primary N) is 1. The van der Waals surface area contributed by atoms with Crippen molar-refractivity contribution in [3.8, 4) is 11.5 Å². The molecule has 1 aromatic rings. The second-order valence-electron chi connectivity index (χ2n) is 3.13. The summed E-state index contributed by atoms with van der Waals surface area (Å²) in [6.07, 6.45) is 0. The molecule has 0 bridgehead atoms. The van der Waals surface area contributed by atoms with Crippen LogP contribution in [0.25, 0.3) is 0 Å². The Morgan fingerprint density at radius 1 is 1.56 bits per heavy atom. The molecule has 0 aliphatic carbocycles. The predicted octanol–water partition coefficient (Wildman–Crippen LogP) is 0.964. The van der Waals surface area contributed by atoms with Crippen molar-refractivity contribution in [3.63, 3.8) is 0 Å². The van der Waals surface area contributed by atoms with Crippen LogP contribution in [-0.4, -0.2) is 24.8 Å². The van der Waals surface area contributed by atoms with E-state index in [1.165, 1.54) is 7.11 Å². The molecule has 0 saturated carbocycles. The standard InChI is InChI=1S/C11H15NO4/c1-3-16-8-6-4-5-7(10(8)13)9(12)11(14)15-2/h4-6,9,13H,3,12H2,1-2H3. The molecule has 88 valence electrons. The molecule has 5 nitrogen and oxygen atoms in total. The molecule has 1 aromatic carbocycles. The highest BCUT2D eigenvalue weighted by atomic mass is 16.5. The van der Waals surface area contributed by atoms with Gasteiger partial charge in [-0.05, 0) is 13.0 Å². The lowest BCUT2D eigenvalue weighted by Gasteiger charge is -2.13. The maximum atomic E-state index is 11.2. The van der Waals surface area contributed by atoms with E-state index in [-0.39, 0.29) is 11.3 Å². The lowest BCUT2D eigenvalue weighted by atomic mass is 10.1. The normalized spacial score (nSPS) is 11.9. The number of phenols is 1. The first-order chi connectivity index (χ1) is 7.61. The summed E-state index contributed by atoms with van der Waals surface area (Å²) < 4.78 is 9.69. The van der Waals surface area contributed by atoms with Gasteiger partial charge >= 0.3 is 5.97 Å². The van der Waals surface area contributed by atoms with E-state index in [0.29, 0.717) is 12.4 Å². The van der Waals surface area contributed by atoms with Crippen LogP contribution in [0.1, 0.15) is 18.5 Å². The number of aromatic hydroxyl groups is 1. The largest absolute Gasteiger partial charge is 0.504 e. The number of rotatable bonds is 4. The van der Waals surface area contributed by atoms with Gasteiger partial charge in [0.15, 0.2) is 11.5 Å². The Balaban J connectivity index is 3.05. The number of methoxy groups -OCH3 is 1. The Hall–Kier alpha value is -1.75. The van der Waals surface area contributed by atoms with Crippen LogP contribution in [0.2, 0.25) is 0 Å². The van der Waals surface area contributed by atoms with Crippen LogP contribution in [-0.2, 0) is 9.53 Å². The molecule has 0 saturated heterocycles. The molecular formula is C11H15NO4. The summed E-state index contributed by atoms with van der Waals surface area (Å²) in [7, 11) is 1.24. The van der Waals surface area contributed by atoms with Gasteiger partial charge in [-0.3, -0.25) is 4.79 Å². The summed E-state index contributed by atoms with van der Waals surface area (Å²) in [6, 6.07) is 3.81. The minimum Gasteiger partial charge on any atom is -0.504 e. The van der Waals surface area contributed by atoms with E-state index in [2.05, 4.69) is 4.74 Å². The number of esters is 1. The van der Waals surface area contributed by atoms with Gasteiger partial charge in [-0.25, -0.2) is 0 Å².